The third-order valence-corrected chi connectivity index (χ3v) is 3.16. The van der Waals surface area contributed by atoms with Crippen LogP contribution in [0.5, 0.6) is 5.75 Å². The monoisotopic (exact) mass is 278 g/mol. The van der Waals surface area contributed by atoms with E-state index in [9.17, 15) is 4.79 Å². The predicted molar refractivity (Wildman–Crippen MR) is 81.6 cm³/mol. The average Bonchev–Trinajstić information content (AvgIpc) is 2.35. The van der Waals surface area contributed by atoms with Crippen molar-refractivity contribution in [1.29, 1.82) is 0 Å². The molecule has 4 nitrogen and oxygen atoms in total. The van der Waals surface area contributed by atoms with Crippen LogP contribution in [-0.4, -0.2) is 18.6 Å². The Morgan fingerprint density at radius 3 is 2.20 bits per heavy atom. The lowest BCUT2D eigenvalue weighted by Crippen LogP contribution is -2.51. The zero-order valence-corrected chi connectivity index (χ0v) is 13.1. The summed E-state index contributed by atoms with van der Waals surface area (Å²) in [4.78, 5) is 11.8. The second kappa shape index (κ2) is 6.75. The Hall–Kier alpha value is -1.55. The van der Waals surface area contributed by atoms with Gasteiger partial charge in [0.15, 0.2) is 0 Å². The molecule has 3 N–H and O–H groups in total. The summed E-state index contributed by atoms with van der Waals surface area (Å²) in [5.74, 6) is 0.854. The number of hydrogen-bond acceptors (Lipinski definition) is 3. The van der Waals surface area contributed by atoms with Gasteiger partial charge in [-0.3, -0.25) is 10.1 Å². The molecule has 1 unspecified atom stereocenters. The normalized spacial score (nSPS) is 14.3. The molecule has 0 aliphatic carbocycles. The minimum atomic E-state index is -0.860. The average molecular weight is 278 g/mol. The molecule has 0 aliphatic rings. The first-order chi connectivity index (χ1) is 9.25. The summed E-state index contributed by atoms with van der Waals surface area (Å²) < 4.78 is 5.60. The fourth-order valence-corrected chi connectivity index (χ4v) is 1.88. The van der Waals surface area contributed by atoms with Gasteiger partial charge in [0, 0.05) is 0 Å². The standard InChI is InChI=1S/C16H26N2O2/c1-11(2)10-18-16(5,15(17)19)13-6-8-14(9-7-13)20-12(3)4/h6-9,11-12,18H,10H2,1-5H3,(H2,17,19). The van der Waals surface area contributed by atoms with E-state index in [2.05, 4.69) is 19.2 Å². The first kappa shape index (κ1) is 16.5. The predicted octanol–water partition coefficient (Wildman–Crippen LogP) is 2.42. The van der Waals surface area contributed by atoms with Crippen LogP contribution in [0.25, 0.3) is 0 Å². The van der Waals surface area contributed by atoms with Crippen molar-refractivity contribution in [3.63, 3.8) is 0 Å². The van der Waals surface area contributed by atoms with Crippen molar-refractivity contribution in [1.82, 2.24) is 5.32 Å². The van der Waals surface area contributed by atoms with Crippen molar-refractivity contribution in [2.24, 2.45) is 11.7 Å². The molecule has 0 heterocycles. The molecule has 0 fully saturated rings. The highest BCUT2D eigenvalue weighted by atomic mass is 16.5. The zero-order valence-electron chi connectivity index (χ0n) is 13.1. The summed E-state index contributed by atoms with van der Waals surface area (Å²) in [6.45, 7) is 10.7. The Bertz CT molecular complexity index is 440. The van der Waals surface area contributed by atoms with Gasteiger partial charge in [-0.05, 0) is 50.9 Å². The van der Waals surface area contributed by atoms with Crippen molar-refractivity contribution in [2.45, 2.75) is 46.3 Å². The number of amides is 1. The quantitative estimate of drug-likeness (QED) is 0.805. The first-order valence-corrected chi connectivity index (χ1v) is 7.08. The molecule has 1 aromatic rings. The molecule has 0 saturated heterocycles. The van der Waals surface area contributed by atoms with Gasteiger partial charge in [0.25, 0.3) is 0 Å². The highest BCUT2D eigenvalue weighted by Crippen LogP contribution is 2.24. The van der Waals surface area contributed by atoms with Crippen LogP contribution in [0.15, 0.2) is 24.3 Å². The fraction of sp³-hybridized carbons (Fsp3) is 0.562. The number of benzene rings is 1. The number of ether oxygens (including phenoxy) is 1. The minimum Gasteiger partial charge on any atom is -0.491 e. The second-order valence-corrected chi connectivity index (χ2v) is 5.95. The van der Waals surface area contributed by atoms with Crippen LogP contribution in [0.3, 0.4) is 0 Å². The molecule has 1 atom stereocenters. The van der Waals surface area contributed by atoms with Crippen LogP contribution < -0.4 is 15.8 Å². The van der Waals surface area contributed by atoms with Crippen LogP contribution in [0.4, 0.5) is 0 Å². The number of nitrogens with one attached hydrogen (secondary N) is 1. The van der Waals surface area contributed by atoms with E-state index in [0.29, 0.717) is 5.92 Å². The summed E-state index contributed by atoms with van der Waals surface area (Å²) >= 11 is 0. The maximum atomic E-state index is 11.8. The molecule has 0 aliphatic heterocycles. The molecule has 1 aromatic carbocycles. The number of hydrogen-bond donors (Lipinski definition) is 2. The molecular formula is C16H26N2O2. The van der Waals surface area contributed by atoms with Crippen LogP contribution in [0, 0.1) is 5.92 Å². The van der Waals surface area contributed by atoms with Gasteiger partial charge in [0.05, 0.1) is 6.10 Å². The highest BCUT2D eigenvalue weighted by molar-refractivity contribution is 5.85. The third kappa shape index (κ3) is 4.23. The number of rotatable bonds is 7. The van der Waals surface area contributed by atoms with E-state index in [-0.39, 0.29) is 12.0 Å². The molecule has 112 valence electrons. The van der Waals surface area contributed by atoms with Crippen molar-refractivity contribution >= 4 is 5.91 Å². The molecule has 0 aromatic heterocycles. The van der Waals surface area contributed by atoms with Gasteiger partial charge in [-0.2, -0.15) is 0 Å². The van der Waals surface area contributed by atoms with E-state index in [4.69, 9.17) is 10.5 Å². The molecule has 4 heteroatoms. The fourth-order valence-electron chi connectivity index (χ4n) is 1.88. The van der Waals surface area contributed by atoms with Crippen molar-refractivity contribution in [2.75, 3.05) is 6.54 Å². The maximum Gasteiger partial charge on any atom is 0.242 e. The lowest BCUT2D eigenvalue weighted by Gasteiger charge is -2.29. The van der Waals surface area contributed by atoms with Gasteiger partial charge in [-0.15, -0.1) is 0 Å². The van der Waals surface area contributed by atoms with E-state index >= 15 is 0 Å². The lowest BCUT2D eigenvalue weighted by atomic mass is 9.90. The highest BCUT2D eigenvalue weighted by Gasteiger charge is 2.32. The van der Waals surface area contributed by atoms with Crippen LogP contribution in [0.1, 0.15) is 40.2 Å². The Morgan fingerprint density at radius 2 is 1.80 bits per heavy atom. The lowest BCUT2D eigenvalue weighted by molar-refractivity contribution is -0.124. The number of nitrogens with two attached hydrogens (primary N) is 1. The largest absolute Gasteiger partial charge is 0.491 e. The number of carbonyl (C=O) groups excluding carboxylic acids is 1. The Morgan fingerprint density at radius 1 is 1.25 bits per heavy atom. The van der Waals surface area contributed by atoms with E-state index in [1.54, 1.807) is 0 Å². The van der Waals surface area contributed by atoms with Gasteiger partial charge < -0.3 is 10.5 Å². The SMILES string of the molecule is CC(C)CNC(C)(C(N)=O)c1ccc(OC(C)C)cc1. The summed E-state index contributed by atoms with van der Waals surface area (Å²) in [6, 6.07) is 7.51. The van der Waals surface area contributed by atoms with E-state index in [0.717, 1.165) is 17.9 Å². The maximum absolute atomic E-state index is 11.8. The van der Waals surface area contributed by atoms with Gasteiger partial charge in [0.1, 0.15) is 11.3 Å². The topological polar surface area (TPSA) is 64.3 Å². The molecule has 0 radical (unpaired) electrons. The summed E-state index contributed by atoms with van der Waals surface area (Å²) in [7, 11) is 0. The van der Waals surface area contributed by atoms with Crippen LogP contribution in [-0.2, 0) is 10.3 Å². The minimum absolute atomic E-state index is 0.127. The van der Waals surface area contributed by atoms with Crippen molar-refractivity contribution < 1.29 is 9.53 Å². The Labute approximate surface area is 121 Å². The number of carbonyl (C=O) groups is 1. The second-order valence-electron chi connectivity index (χ2n) is 5.95. The van der Waals surface area contributed by atoms with Gasteiger partial charge in [-0.25, -0.2) is 0 Å². The zero-order chi connectivity index (χ0) is 15.3. The van der Waals surface area contributed by atoms with Crippen molar-refractivity contribution in [3.05, 3.63) is 29.8 Å². The van der Waals surface area contributed by atoms with Crippen LogP contribution in [0.2, 0.25) is 0 Å². The molecule has 1 amide bonds. The van der Waals surface area contributed by atoms with E-state index < -0.39 is 5.54 Å². The Kier molecular flexibility index (Phi) is 5.57. The molecule has 0 saturated carbocycles. The molecule has 0 spiro atoms. The third-order valence-electron chi connectivity index (χ3n) is 3.16. The summed E-state index contributed by atoms with van der Waals surface area (Å²) in [5, 5.41) is 3.26. The van der Waals surface area contributed by atoms with E-state index in [1.807, 2.05) is 45.0 Å². The Balaban J connectivity index is 2.94. The first-order valence-electron chi connectivity index (χ1n) is 7.08. The smallest absolute Gasteiger partial charge is 0.242 e. The molecular weight excluding hydrogens is 252 g/mol. The molecule has 0 bridgehead atoms. The van der Waals surface area contributed by atoms with Crippen LogP contribution >= 0.6 is 0 Å². The van der Waals surface area contributed by atoms with Gasteiger partial charge in [-0.1, -0.05) is 26.0 Å². The summed E-state index contributed by atoms with van der Waals surface area (Å²) in [5.41, 5.74) is 5.56. The number of primary amides is 1. The van der Waals surface area contributed by atoms with E-state index in [1.165, 1.54) is 0 Å². The van der Waals surface area contributed by atoms with Gasteiger partial charge in [0.2, 0.25) is 5.91 Å². The molecule has 1 rings (SSSR count). The van der Waals surface area contributed by atoms with Gasteiger partial charge >= 0.3 is 0 Å². The molecule has 20 heavy (non-hydrogen) atoms. The summed E-state index contributed by atoms with van der Waals surface area (Å²) in [6.07, 6.45) is 0.127. The van der Waals surface area contributed by atoms with Crippen molar-refractivity contribution in [3.8, 4) is 5.75 Å².